The van der Waals surface area contributed by atoms with Crippen LogP contribution in [0.5, 0.6) is 0 Å². The molecule has 146 valence electrons. The van der Waals surface area contributed by atoms with Crippen molar-refractivity contribution in [3.05, 3.63) is 11.3 Å². The van der Waals surface area contributed by atoms with Gasteiger partial charge in [0, 0.05) is 11.6 Å². The third kappa shape index (κ3) is 6.01. The fraction of sp³-hybridized carbons (Fsp3) is 0.750. The molecule has 2 rings (SSSR count). The first-order chi connectivity index (χ1) is 12.5. The number of nitrogens with one attached hydrogen (secondary N) is 1. The maximum atomic E-state index is 10.4. The van der Waals surface area contributed by atoms with Gasteiger partial charge in [-0.1, -0.05) is 50.9 Å². The minimum absolute atomic E-state index is 0.158. The number of allylic oxidation sites excluding steroid dienone is 1. The molecule has 4 N–H and O–H groups in total. The van der Waals surface area contributed by atoms with Crippen LogP contribution in [-0.2, 0) is 9.63 Å². The Morgan fingerprint density at radius 2 is 2.00 bits per heavy atom. The maximum absolute atomic E-state index is 10.4. The van der Waals surface area contributed by atoms with Gasteiger partial charge >= 0.3 is 5.97 Å². The Labute approximate surface area is 155 Å². The molecule has 0 spiro atoms. The van der Waals surface area contributed by atoms with E-state index in [-0.39, 0.29) is 11.8 Å². The van der Waals surface area contributed by atoms with Gasteiger partial charge in [-0.05, 0) is 31.3 Å². The highest BCUT2D eigenvalue weighted by Crippen LogP contribution is 2.48. The first-order valence-electron chi connectivity index (χ1n) is 9.71. The summed E-state index contributed by atoms with van der Waals surface area (Å²) in [5, 5.41) is 28.8. The first-order valence-corrected chi connectivity index (χ1v) is 9.71. The van der Waals surface area contributed by atoms with Crippen LogP contribution < -0.4 is 5.48 Å². The molecule has 2 aliphatic carbocycles. The number of hydroxylamine groups is 1. The number of unbranched alkanes of at least 4 members (excludes halogenated alkanes) is 5. The number of carbonyl (C=O) groups is 1. The summed E-state index contributed by atoms with van der Waals surface area (Å²) >= 11 is 0. The molecule has 0 radical (unpaired) electrons. The fourth-order valence-corrected chi connectivity index (χ4v) is 3.68. The highest BCUT2D eigenvalue weighted by atomic mass is 16.7. The summed E-state index contributed by atoms with van der Waals surface area (Å²) < 4.78 is 0. The van der Waals surface area contributed by atoms with E-state index in [9.17, 15) is 15.0 Å². The van der Waals surface area contributed by atoms with E-state index in [4.69, 9.17) is 9.94 Å². The van der Waals surface area contributed by atoms with Gasteiger partial charge in [0.2, 0.25) is 0 Å². The van der Waals surface area contributed by atoms with Crippen LogP contribution in [0.25, 0.3) is 0 Å². The van der Waals surface area contributed by atoms with Gasteiger partial charge in [0.15, 0.2) is 6.61 Å². The largest absolute Gasteiger partial charge is 0.479 e. The van der Waals surface area contributed by atoms with Crippen molar-refractivity contribution in [3.8, 4) is 11.8 Å². The van der Waals surface area contributed by atoms with Crippen LogP contribution in [0.4, 0.5) is 0 Å². The lowest BCUT2D eigenvalue weighted by molar-refractivity contribution is -0.144. The summed E-state index contributed by atoms with van der Waals surface area (Å²) in [4.78, 5) is 15.3. The molecule has 4 unspecified atom stereocenters. The minimum atomic E-state index is -1.03. The Morgan fingerprint density at radius 1 is 1.27 bits per heavy atom. The summed E-state index contributed by atoms with van der Waals surface area (Å²) in [5.41, 5.74) is 4.58. The first kappa shape index (κ1) is 20.8. The Balaban J connectivity index is 1.73. The number of hydrogen-bond acceptors (Lipinski definition) is 5. The second-order valence-electron chi connectivity index (χ2n) is 7.26. The van der Waals surface area contributed by atoms with E-state index in [0.29, 0.717) is 19.3 Å². The number of carboxylic acids is 1. The molecule has 26 heavy (non-hydrogen) atoms. The summed E-state index contributed by atoms with van der Waals surface area (Å²) in [7, 11) is 0. The van der Waals surface area contributed by atoms with Gasteiger partial charge in [-0.25, -0.2) is 4.79 Å². The molecule has 0 amide bonds. The molecule has 0 bridgehead atoms. The Hall–Kier alpha value is -1.55. The van der Waals surface area contributed by atoms with Gasteiger partial charge in [-0.15, -0.1) is 0 Å². The topological polar surface area (TPSA) is 99.0 Å². The second kappa shape index (κ2) is 10.6. The zero-order valence-corrected chi connectivity index (χ0v) is 15.5. The van der Waals surface area contributed by atoms with E-state index in [1.165, 1.54) is 25.7 Å². The van der Waals surface area contributed by atoms with Crippen molar-refractivity contribution in [1.82, 2.24) is 5.48 Å². The standard InChI is InChI=1S/C20H31NO5/c1-2-3-4-5-6-7-8-14(22)9-10-15-16-11-18(17(16)12-19(15)23)21-26-13-20(24)25/h14-16,19,21-23H,2-8,11-13H2,1H3,(H,24,25). The average Bonchev–Trinajstić information content (AvgIpc) is 2.83. The molecule has 0 heterocycles. The quantitative estimate of drug-likeness (QED) is 0.255. The number of rotatable bonds is 11. The van der Waals surface area contributed by atoms with Gasteiger partial charge in [0.05, 0.1) is 12.0 Å². The van der Waals surface area contributed by atoms with Crippen molar-refractivity contribution in [1.29, 1.82) is 0 Å². The smallest absolute Gasteiger partial charge is 0.332 e. The Kier molecular flexibility index (Phi) is 8.43. The normalized spacial score (nSPS) is 25.1. The Morgan fingerprint density at radius 3 is 2.73 bits per heavy atom. The lowest BCUT2D eigenvalue weighted by Crippen LogP contribution is -2.30. The molecule has 1 fully saturated rings. The monoisotopic (exact) mass is 365 g/mol. The molecule has 6 heteroatoms. The van der Waals surface area contributed by atoms with Crippen LogP contribution in [-0.4, -0.2) is 40.1 Å². The zero-order valence-electron chi connectivity index (χ0n) is 15.5. The molecule has 4 atom stereocenters. The molecule has 1 saturated carbocycles. The summed E-state index contributed by atoms with van der Waals surface area (Å²) in [6, 6.07) is 0. The highest BCUT2D eigenvalue weighted by molar-refractivity contribution is 5.67. The van der Waals surface area contributed by atoms with Crippen LogP contribution >= 0.6 is 0 Å². The molecule has 6 nitrogen and oxygen atoms in total. The van der Waals surface area contributed by atoms with Crippen LogP contribution in [0.2, 0.25) is 0 Å². The molecule has 0 aromatic heterocycles. The molecular formula is C20H31NO5. The SMILES string of the molecule is CCCCCCCCC(O)C#CC1C(O)CC2=C(NOCC(=O)O)CC21. The highest BCUT2D eigenvalue weighted by Gasteiger charge is 2.45. The van der Waals surface area contributed by atoms with Crippen molar-refractivity contribution >= 4 is 5.97 Å². The lowest BCUT2D eigenvalue weighted by Gasteiger charge is -2.30. The lowest BCUT2D eigenvalue weighted by atomic mass is 9.79. The molecule has 2 aliphatic rings. The predicted molar refractivity (Wildman–Crippen MR) is 97.7 cm³/mol. The van der Waals surface area contributed by atoms with E-state index in [0.717, 1.165) is 24.1 Å². The van der Waals surface area contributed by atoms with Gasteiger partial charge in [0.25, 0.3) is 0 Å². The number of aliphatic hydroxyl groups excluding tert-OH is 2. The summed E-state index contributed by atoms with van der Waals surface area (Å²) in [6.45, 7) is 1.79. The number of aliphatic hydroxyl groups is 2. The third-order valence-electron chi connectivity index (χ3n) is 5.18. The van der Waals surface area contributed by atoms with E-state index in [1.807, 2.05) is 0 Å². The van der Waals surface area contributed by atoms with Crippen molar-refractivity contribution in [3.63, 3.8) is 0 Å². The number of hydrogen-bond donors (Lipinski definition) is 4. The number of fused-ring (bicyclic) bond motifs is 1. The summed E-state index contributed by atoms with van der Waals surface area (Å²) in [5.74, 6) is 4.96. The van der Waals surface area contributed by atoms with Gasteiger partial charge in [-0.3, -0.25) is 10.3 Å². The van der Waals surface area contributed by atoms with E-state index >= 15 is 0 Å². The molecule has 0 aromatic rings. The predicted octanol–water partition coefficient (Wildman–Crippen LogP) is 2.36. The molecule has 0 saturated heterocycles. The van der Waals surface area contributed by atoms with Crippen LogP contribution in [0.3, 0.4) is 0 Å². The fourth-order valence-electron chi connectivity index (χ4n) is 3.68. The second-order valence-corrected chi connectivity index (χ2v) is 7.26. The van der Waals surface area contributed by atoms with Crippen molar-refractivity contribution in [2.45, 2.75) is 76.9 Å². The zero-order chi connectivity index (χ0) is 18.9. The summed E-state index contributed by atoms with van der Waals surface area (Å²) in [6.07, 6.45) is 7.83. The minimum Gasteiger partial charge on any atom is -0.479 e. The van der Waals surface area contributed by atoms with Crippen molar-refractivity contribution in [2.24, 2.45) is 11.8 Å². The number of aliphatic carboxylic acids is 1. The van der Waals surface area contributed by atoms with Gasteiger partial charge in [-0.2, -0.15) is 0 Å². The van der Waals surface area contributed by atoms with Crippen LogP contribution in [0.15, 0.2) is 11.3 Å². The van der Waals surface area contributed by atoms with E-state index in [1.54, 1.807) is 0 Å². The van der Waals surface area contributed by atoms with Crippen LogP contribution in [0, 0.1) is 23.7 Å². The van der Waals surface area contributed by atoms with Crippen LogP contribution in [0.1, 0.15) is 64.7 Å². The van der Waals surface area contributed by atoms with Crippen molar-refractivity contribution < 1.29 is 25.0 Å². The van der Waals surface area contributed by atoms with E-state index in [2.05, 4.69) is 24.2 Å². The molecular weight excluding hydrogens is 334 g/mol. The number of carboxylic acid groups (broad SMARTS) is 1. The van der Waals surface area contributed by atoms with Gasteiger partial charge in [0.1, 0.15) is 6.10 Å². The average molecular weight is 365 g/mol. The van der Waals surface area contributed by atoms with Gasteiger partial charge < -0.3 is 15.3 Å². The maximum Gasteiger partial charge on any atom is 0.332 e. The van der Waals surface area contributed by atoms with E-state index < -0.39 is 24.8 Å². The third-order valence-corrected chi connectivity index (χ3v) is 5.18. The Bertz CT molecular complexity index is 562. The molecule has 0 aliphatic heterocycles. The van der Waals surface area contributed by atoms with Crippen molar-refractivity contribution in [2.75, 3.05) is 6.61 Å². The molecule has 0 aromatic carbocycles.